The van der Waals surface area contributed by atoms with Crippen molar-refractivity contribution in [3.63, 3.8) is 0 Å². The Morgan fingerprint density at radius 2 is 2.38 bits per heavy atom. The zero-order valence-electron chi connectivity index (χ0n) is 8.98. The third-order valence-corrected chi connectivity index (χ3v) is 3.80. The smallest absolute Gasteiger partial charge is 0.0964 e. The summed E-state index contributed by atoms with van der Waals surface area (Å²) < 4.78 is 6.95. The summed E-state index contributed by atoms with van der Waals surface area (Å²) in [6, 6.07) is 8.28. The molecule has 1 aromatic heterocycles. The van der Waals surface area contributed by atoms with E-state index in [0.717, 1.165) is 31.6 Å². The fourth-order valence-corrected chi connectivity index (χ4v) is 2.98. The minimum atomic E-state index is 0.286. The van der Waals surface area contributed by atoms with Gasteiger partial charge in [-0.2, -0.15) is 0 Å². The number of thiazole rings is 1. The highest BCUT2D eigenvalue weighted by Gasteiger charge is 2.15. The number of hydrogen-bond acceptors (Lipinski definition) is 4. The maximum atomic E-state index is 5.68. The lowest BCUT2D eigenvalue weighted by Crippen LogP contribution is -2.39. The van der Waals surface area contributed by atoms with Gasteiger partial charge in [-0.05, 0) is 12.1 Å². The summed E-state index contributed by atoms with van der Waals surface area (Å²) in [4.78, 5) is 4.62. The molecule has 2 aromatic rings. The fraction of sp³-hybridized carbons (Fsp3) is 0.417. The van der Waals surface area contributed by atoms with Crippen LogP contribution in [0.25, 0.3) is 10.2 Å². The highest BCUT2D eigenvalue weighted by molar-refractivity contribution is 7.18. The van der Waals surface area contributed by atoms with E-state index in [2.05, 4.69) is 28.5 Å². The standard InChI is InChI=1S/C12H14N2OS/c1-2-4-11-10(3-1)14-12(16-11)7-9-8-13-5-6-15-9/h1-4,9,13H,5-8H2. The van der Waals surface area contributed by atoms with Crippen molar-refractivity contribution in [2.24, 2.45) is 0 Å². The summed E-state index contributed by atoms with van der Waals surface area (Å²) >= 11 is 1.77. The molecule has 1 aliphatic heterocycles. The lowest BCUT2D eigenvalue weighted by Gasteiger charge is -2.22. The monoisotopic (exact) mass is 234 g/mol. The second kappa shape index (κ2) is 4.49. The number of fused-ring (bicyclic) bond motifs is 1. The van der Waals surface area contributed by atoms with Crippen LogP contribution in [0, 0.1) is 0 Å². The molecule has 0 spiro atoms. The topological polar surface area (TPSA) is 34.1 Å². The van der Waals surface area contributed by atoms with Gasteiger partial charge in [0, 0.05) is 19.5 Å². The molecule has 16 heavy (non-hydrogen) atoms. The molecule has 3 nitrogen and oxygen atoms in total. The predicted octanol–water partition coefficient (Wildman–Crippen LogP) is 1.83. The number of hydrogen-bond donors (Lipinski definition) is 1. The number of para-hydroxylation sites is 1. The Kier molecular flexibility index (Phi) is 2.86. The van der Waals surface area contributed by atoms with Gasteiger partial charge in [0.1, 0.15) is 0 Å². The van der Waals surface area contributed by atoms with E-state index < -0.39 is 0 Å². The molecule has 84 valence electrons. The van der Waals surface area contributed by atoms with Crippen molar-refractivity contribution in [3.8, 4) is 0 Å². The Hall–Kier alpha value is -0.970. The first-order chi connectivity index (χ1) is 7.92. The van der Waals surface area contributed by atoms with Crippen LogP contribution in [0.15, 0.2) is 24.3 Å². The van der Waals surface area contributed by atoms with Gasteiger partial charge in [0.2, 0.25) is 0 Å². The van der Waals surface area contributed by atoms with Gasteiger partial charge in [-0.25, -0.2) is 4.98 Å². The third kappa shape index (κ3) is 2.09. The third-order valence-electron chi connectivity index (χ3n) is 2.74. The highest BCUT2D eigenvalue weighted by Crippen LogP contribution is 2.23. The van der Waals surface area contributed by atoms with Gasteiger partial charge in [0.15, 0.2) is 0 Å². The van der Waals surface area contributed by atoms with Crippen molar-refractivity contribution in [1.82, 2.24) is 10.3 Å². The largest absolute Gasteiger partial charge is 0.375 e. The van der Waals surface area contributed by atoms with Crippen LogP contribution in [0.3, 0.4) is 0 Å². The summed E-state index contributed by atoms with van der Waals surface area (Å²) in [5, 5.41) is 4.52. The Morgan fingerprint density at radius 3 is 3.19 bits per heavy atom. The zero-order valence-corrected chi connectivity index (χ0v) is 9.80. The molecule has 1 N–H and O–H groups in total. The molecule has 3 rings (SSSR count). The number of nitrogens with one attached hydrogen (secondary N) is 1. The summed E-state index contributed by atoms with van der Waals surface area (Å²) in [6.45, 7) is 2.72. The molecule has 0 saturated carbocycles. The summed E-state index contributed by atoms with van der Waals surface area (Å²) in [6.07, 6.45) is 1.21. The Labute approximate surface area is 98.5 Å². The minimum Gasteiger partial charge on any atom is -0.375 e. The van der Waals surface area contributed by atoms with Gasteiger partial charge < -0.3 is 10.1 Å². The van der Waals surface area contributed by atoms with Crippen molar-refractivity contribution in [2.75, 3.05) is 19.7 Å². The van der Waals surface area contributed by atoms with E-state index in [4.69, 9.17) is 4.74 Å². The molecule has 0 radical (unpaired) electrons. The highest BCUT2D eigenvalue weighted by atomic mass is 32.1. The van der Waals surface area contributed by atoms with E-state index in [1.165, 1.54) is 9.71 Å². The van der Waals surface area contributed by atoms with Crippen molar-refractivity contribution in [2.45, 2.75) is 12.5 Å². The van der Waals surface area contributed by atoms with E-state index in [0.29, 0.717) is 0 Å². The van der Waals surface area contributed by atoms with Gasteiger partial charge in [-0.3, -0.25) is 0 Å². The average molecular weight is 234 g/mol. The first-order valence-corrected chi connectivity index (χ1v) is 6.40. The number of nitrogens with zero attached hydrogens (tertiary/aromatic N) is 1. The number of morpholine rings is 1. The van der Waals surface area contributed by atoms with Crippen LogP contribution >= 0.6 is 11.3 Å². The predicted molar refractivity (Wildman–Crippen MR) is 65.9 cm³/mol. The first-order valence-electron chi connectivity index (χ1n) is 5.58. The van der Waals surface area contributed by atoms with Crippen LogP contribution in [-0.4, -0.2) is 30.8 Å². The SMILES string of the molecule is c1ccc2sc(CC3CNCCO3)nc2c1. The molecular formula is C12H14N2OS. The molecule has 1 fully saturated rings. The minimum absolute atomic E-state index is 0.286. The van der Waals surface area contributed by atoms with E-state index in [1.807, 2.05) is 6.07 Å². The van der Waals surface area contributed by atoms with Gasteiger partial charge in [0.25, 0.3) is 0 Å². The second-order valence-corrected chi connectivity index (χ2v) is 5.09. The van der Waals surface area contributed by atoms with Crippen molar-refractivity contribution < 1.29 is 4.74 Å². The molecule has 0 bridgehead atoms. The van der Waals surface area contributed by atoms with E-state index in [-0.39, 0.29) is 6.10 Å². The van der Waals surface area contributed by atoms with E-state index in [9.17, 15) is 0 Å². The maximum Gasteiger partial charge on any atom is 0.0964 e. The lowest BCUT2D eigenvalue weighted by atomic mass is 10.2. The molecule has 0 aliphatic carbocycles. The van der Waals surface area contributed by atoms with Crippen molar-refractivity contribution in [1.29, 1.82) is 0 Å². The Balaban J connectivity index is 1.78. The Morgan fingerprint density at radius 1 is 1.44 bits per heavy atom. The van der Waals surface area contributed by atoms with Crippen LogP contribution in [-0.2, 0) is 11.2 Å². The fourth-order valence-electron chi connectivity index (χ4n) is 1.95. The van der Waals surface area contributed by atoms with Crippen LogP contribution in [0.1, 0.15) is 5.01 Å². The van der Waals surface area contributed by atoms with Gasteiger partial charge in [-0.1, -0.05) is 12.1 Å². The summed E-state index contributed by atoms with van der Waals surface area (Å²) in [5.41, 5.74) is 1.10. The normalized spacial score (nSPS) is 21.4. The quantitative estimate of drug-likeness (QED) is 0.860. The van der Waals surface area contributed by atoms with Crippen LogP contribution < -0.4 is 5.32 Å². The van der Waals surface area contributed by atoms with E-state index in [1.54, 1.807) is 11.3 Å². The van der Waals surface area contributed by atoms with E-state index >= 15 is 0 Å². The molecule has 1 saturated heterocycles. The van der Waals surface area contributed by atoms with Gasteiger partial charge in [0.05, 0.1) is 27.9 Å². The molecule has 1 unspecified atom stereocenters. The lowest BCUT2D eigenvalue weighted by molar-refractivity contribution is 0.0292. The second-order valence-electron chi connectivity index (χ2n) is 3.98. The number of benzene rings is 1. The molecule has 4 heteroatoms. The summed E-state index contributed by atoms with van der Waals surface area (Å²) in [7, 11) is 0. The molecular weight excluding hydrogens is 220 g/mol. The van der Waals surface area contributed by atoms with Gasteiger partial charge >= 0.3 is 0 Å². The first kappa shape index (κ1) is 10.2. The van der Waals surface area contributed by atoms with Gasteiger partial charge in [-0.15, -0.1) is 11.3 Å². The van der Waals surface area contributed by atoms with Crippen LogP contribution in [0.4, 0.5) is 0 Å². The average Bonchev–Trinajstić information content (AvgIpc) is 2.72. The molecule has 1 aromatic carbocycles. The van der Waals surface area contributed by atoms with Crippen LogP contribution in [0.5, 0.6) is 0 Å². The molecule has 1 atom stereocenters. The van der Waals surface area contributed by atoms with Crippen LogP contribution in [0.2, 0.25) is 0 Å². The zero-order chi connectivity index (χ0) is 10.8. The summed E-state index contributed by atoms with van der Waals surface area (Å²) in [5.74, 6) is 0. The number of aromatic nitrogens is 1. The van der Waals surface area contributed by atoms with Crippen molar-refractivity contribution >= 4 is 21.6 Å². The number of ether oxygens (including phenoxy) is 1. The Bertz CT molecular complexity index is 444. The molecule has 2 heterocycles. The number of rotatable bonds is 2. The molecule has 0 amide bonds. The van der Waals surface area contributed by atoms with Crippen molar-refractivity contribution in [3.05, 3.63) is 29.3 Å². The maximum absolute atomic E-state index is 5.68. The molecule has 1 aliphatic rings.